The number of carbonyl (C=O) groups excluding carboxylic acids is 1. The van der Waals surface area contributed by atoms with Crippen molar-refractivity contribution in [1.82, 2.24) is 0 Å². The largest absolute Gasteiger partial charge is 0.465 e. The molecule has 0 aromatic rings. The molecule has 7 heteroatoms. The quantitative estimate of drug-likeness (QED) is 0.277. The van der Waals surface area contributed by atoms with Crippen LogP contribution in [0, 0.1) is 11.3 Å². The lowest BCUT2D eigenvalue weighted by atomic mass is 10.2. The predicted octanol–water partition coefficient (Wildman–Crippen LogP) is 1.47. The molecule has 0 N–H and O–H groups in total. The van der Waals surface area contributed by atoms with Crippen molar-refractivity contribution in [2.75, 3.05) is 7.11 Å². The van der Waals surface area contributed by atoms with Gasteiger partial charge < -0.3 is 4.74 Å². The van der Waals surface area contributed by atoms with Crippen LogP contribution in [0.2, 0.25) is 0 Å². The first-order chi connectivity index (χ1) is 5.84. The van der Waals surface area contributed by atoms with Crippen LogP contribution in [0.4, 0.5) is 17.6 Å². The van der Waals surface area contributed by atoms with Crippen LogP contribution >= 0.6 is 0 Å². The van der Waals surface area contributed by atoms with Crippen molar-refractivity contribution < 1.29 is 27.1 Å². The van der Waals surface area contributed by atoms with Crippen LogP contribution < -0.4 is 0 Å². The van der Waals surface area contributed by atoms with Crippen molar-refractivity contribution in [2.24, 2.45) is 0 Å². The predicted molar refractivity (Wildman–Crippen MR) is 31.8 cm³/mol. The van der Waals surface area contributed by atoms with E-state index in [1.54, 1.807) is 0 Å². The highest BCUT2D eigenvalue weighted by Crippen LogP contribution is 2.29. The number of alkyl halides is 3. The second-order valence-corrected chi connectivity index (χ2v) is 1.79. The van der Waals surface area contributed by atoms with Crippen LogP contribution in [-0.4, -0.2) is 19.3 Å². The summed E-state index contributed by atoms with van der Waals surface area (Å²) in [7, 11) is 0.739. The maximum Gasteiger partial charge on any atom is 0.444 e. The smallest absolute Gasteiger partial charge is 0.444 e. The molecule has 0 aliphatic heterocycles. The van der Waals surface area contributed by atoms with Gasteiger partial charge in [-0.05, 0) is 0 Å². The van der Waals surface area contributed by atoms with Gasteiger partial charge in [0, 0.05) is 0 Å². The van der Waals surface area contributed by atoms with Crippen LogP contribution in [0.25, 0.3) is 0 Å². The van der Waals surface area contributed by atoms with Crippen molar-refractivity contribution in [3.63, 3.8) is 0 Å². The minimum Gasteiger partial charge on any atom is -0.465 e. The normalized spacial score (nSPS) is 12.9. The Morgan fingerprint density at radius 1 is 1.46 bits per heavy atom. The molecule has 0 atom stereocenters. The lowest BCUT2D eigenvalue weighted by Gasteiger charge is -2.03. The van der Waals surface area contributed by atoms with Crippen LogP contribution in [0.3, 0.4) is 0 Å². The maximum absolute atomic E-state index is 12.2. The summed E-state index contributed by atoms with van der Waals surface area (Å²) in [5.74, 6) is -4.40. The molecule has 3 nitrogen and oxygen atoms in total. The van der Waals surface area contributed by atoms with Gasteiger partial charge in [0.1, 0.15) is 6.07 Å². The average Bonchev–Trinajstić information content (AvgIpc) is 2.03. The zero-order chi connectivity index (χ0) is 10.6. The molecule has 0 aliphatic rings. The van der Waals surface area contributed by atoms with E-state index in [0.717, 1.165) is 13.2 Å². The molecule has 0 fully saturated rings. The summed E-state index contributed by atoms with van der Waals surface area (Å²) in [6.07, 6.45) is -5.35. The molecular weight excluding hydrogens is 194 g/mol. The van der Waals surface area contributed by atoms with Gasteiger partial charge in [0.25, 0.3) is 0 Å². The van der Waals surface area contributed by atoms with Crippen molar-refractivity contribution in [2.45, 2.75) is 6.18 Å². The highest BCUT2D eigenvalue weighted by molar-refractivity contribution is 5.93. The lowest BCUT2D eigenvalue weighted by Crippen LogP contribution is -2.15. The molecule has 0 aromatic heterocycles. The number of methoxy groups -OCH3 is 1. The molecule has 0 saturated carbocycles. The summed E-state index contributed by atoms with van der Waals surface area (Å²) < 4.78 is 50.8. The highest BCUT2D eigenvalue weighted by Gasteiger charge is 2.39. The Balaban J connectivity index is 5.18. The molecule has 13 heavy (non-hydrogen) atoms. The van der Waals surface area contributed by atoms with Crippen LogP contribution in [0.1, 0.15) is 0 Å². The van der Waals surface area contributed by atoms with Gasteiger partial charge in [-0.3, -0.25) is 0 Å². The first kappa shape index (κ1) is 11.4. The van der Waals surface area contributed by atoms with Crippen molar-refractivity contribution in [3.05, 3.63) is 11.4 Å². The van der Waals surface area contributed by atoms with E-state index in [1.165, 1.54) is 0 Å². The van der Waals surface area contributed by atoms with Crippen LogP contribution in [0.5, 0.6) is 0 Å². The number of ether oxygens (including phenoxy) is 1. The summed E-state index contributed by atoms with van der Waals surface area (Å²) in [6.45, 7) is 0. The Morgan fingerprint density at radius 3 is 2.15 bits per heavy atom. The van der Waals surface area contributed by atoms with E-state index >= 15 is 0 Å². The topological polar surface area (TPSA) is 50.1 Å². The Bertz CT molecular complexity index is 286. The standard InChI is InChI=1S/C6H3F4NO2/c1-13-5(12)3(2-11)4(7)6(8,9)10/h1H3/b4-3+. The molecule has 0 heterocycles. The molecule has 0 amide bonds. The second kappa shape index (κ2) is 3.89. The summed E-state index contributed by atoms with van der Waals surface area (Å²) in [4.78, 5) is 10.4. The molecule has 0 rings (SSSR count). The zero-order valence-corrected chi connectivity index (χ0v) is 6.28. The van der Waals surface area contributed by atoms with E-state index in [4.69, 9.17) is 5.26 Å². The number of carbonyl (C=O) groups is 1. The zero-order valence-electron chi connectivity index (χ0n) is 6.28. The van der Waals surface area contributed by atoms with Gasteiger partial charge >= 0.3 is 12.1 Å². The Hall–Kier alpha value is -1.58. The van der Waals surface area contributed by atoms with Crippen molar-refractivity contribution in [3.8, 4) is 6.07 Å². The fourth-order valence-electron chi connectivity index (χ4n) is 0.428. The summed E-state index contributed by atoms with van der Waals surface area (Å²) in [6, 6.07) is 0.769. The number of nitriles is 1. The molecular formula is C6H3F4NO2. The summed E-state index contributed by atoms with van der Waals surface area (Å²) in [5, 5.41) is 8.01. The monoisotopic (exact) mass is 197 g/mol. The maximum atomic E-state index is 12.2. The summed E-state index contributed by atoms with van der Waals surface area (Å²) >= 11 is 0. The van der Waals surface area contributed by atoms with E-state index < -0.39 is 23.5 Å². The molecule has 0 radical (unpaired) electrons. The molecule has 0 aliphatic carbocycles. The molecule has 0 bridgehead atoms. The van der Waals surface area contributed by atoms with Gasteiger partial charge in [0.2, 0.25) is 5.83 Å². The van der Waals surface area contributed by atoms with E-state index in [0.29, 0.717) is 0 Å². The van der Waals surface area contributed by atoms with E-state index in [9.17, 15) is 22.4 Å². The number of hydrogen-bond acceptors (Lipinski definition) is 3. The minimum absolute atomic E-state index is 0.739. The Labute approximate surface area is 70.2 Å². The molecule has 0 saturated heterocycles. The fourth-order valence-corrected chi connectivity index (χ4v) is 0.428. The third kappa shape index (κ3) is 2.74. The van der Waals surface area contributed by atoms with Gasteiger partial charge in [-0.25, -0.2) is 9.18 Å². The number of esters is 1. The van der Waals surface area contributed by atoms with Gasteiger partial charge in [0.15, 0.2) is 5.57 Å². The number of allylic oxidation sites excluding steroid dienone is 1. The van der Waals surface area contributed by atoms with Crippen molar-refractivity contribution in [1.29, 1.82) is 5.26 Å². The number of nitrogens with zero attached hydrogens (tertiary/aromatic N) is 1. The number of halogens is 4. The van der Waals surface area contributed by atoms with Gasteiger partial charge in [-0.1, -0.05) is 0 Å². The number of rotatable bonds is 1. The van der Waals surface area contributed by atoms with Gasteiger partial charge in [-0.2, -0.15) is 18.4 Å². The first-order valence-corrected chi connectivity index (χ1v) is 2.80. The highest BCUT2D eigenvalue weighted by atomic mass is 19.4. The third-order valence-electron chi connectivity index (χ3n) is 0.970. The number of hydrogen-bond donors (Lipinski definition) is 0. The van der Waals surface area contributed by atoms with Gasteiger partial charge in [-0.15, -0.1) is 0 Å². The van der Waals surface area contributed by atoms with E-state index in [-0.39, 0.29) is 0 Å². The fraction of sp³-hybridized carbons (Fsp3) is 0.333. The van der Waals surface area contributed by atoms with Crippen LogP contribution in [-0.2, 0) is 9.53 Å². The first-order valence-electron chi connectivity index (χ1n) is 2.80. The van der Waals surface area contributed by atoms with E-state index in [2.05, 4.69) is 4.74 Å². The Kier molecular flexibility index (Phi) is 3.42. The lowest BCUT2D eigenvalue weighted by molar-refractivity contribution is -0.138. The molecule has 0 aromatic carbocycles. The molecule has 0 spiro atoms. The second-order valence-electron chi connectivity index (χ2n) is 1.79. The molecule has 0 unspecified atom stereocenters. The average molecular weight is 197 g/mol. The third-order valence-corrected chi connectivity index (χ3v) is 0.970. The van der Waals surface area contributed by atoms with Crippen LogP contribution in [0.15, 0.2) is 11.4 Å². The summed E-state index contributed by atoms with van der Waals surface area (Å²) in [5.41, 5.74) is -1.69. The van der Waals surface area contributed by atoms with E-state index in [1.807, 2.05) is 0 Å². The minimum atomic E-state index is -5.35. The van der Waals surface area contributed by atoms with Gasteiger partial charge in [0.05, 0.1) is 7.11 Å². The molecule has 72 valence electrons. The Morgan fingerprint density at radius 2 is 1.92 bits per heavy atom. The SMILES string of the molecule is COC(=O)/C(C#N)=C(/F)C(F)(F)F. The van der Waals surface area contributed by atoms with Crippen molar-refractivity contribution >= 4 is 5.97 Å².